The van der Waals surface area contributed by atoms with Crippen molar-refractivity contribution in [3.05, 3.63) is 464 Å². The van der Waals surface area contributed by atoms with E-state index in [2.05, 4.69) is 0 Å². The van der Waals surface area contributed by atoms with Crippen LogP contribution in [-0.4, -0.2) is 99.9 Å². The molecular formula is C103H94N8O16. The zero-order chi connectivity index (χ0) is 90.0. The van der Waals surface area contributed by atoms with E-state index in [0.29, 0.717) is 90.7 Å². The third kappa shape index (κ3) is 21.2. The Labute approximate surface area is 728 Å². The van der Waals surface area contributed by atoms with Gasteiger partial charge >= 0.3 is 22.8 Å². The van der Waals surface area contributed by atoms with Crippen LogP contribution in [0.2, 0.25) is 0 Å². The second-order valence-corrected chi connectivity index (χ2v) is 31.0. The number of hydrogen-bond donors (Lipinski definition) is 4. The summed E-state index contributed by atoms with van der Waals surface area (Å²) < 4.78 is 11.2. The van der Waals surface area contributed by atoms with Crippen molar-refractivity contribution in [3.63, 3.8) is 0 Å². The van der Waals surface area contributed by atoms with Crippen LogP contribution >= 0.6 is 0 Å². The standard InChI is InChI=1S/3C26H24N2O4.C25H22N2O4/c2*1-18-6-8-19(9-7-18)14-15-27-25(31)22-4-2-3-5-23(22)28(26(27)32)16-20-10-12-21(13-11-20)24(30)17-29;1-2-23(29)20-14-12-18(13-15-20)16-27-22-11-7-6-10-21(22)25(31)28(26(27)32)17-24(30)19-8-4-3-5-9-19;1-17-6-8-18(9-7-17)15-27-24(30)21-4-2-3-5-22(21)26(25(27)31)14-19-10-12-20(13-11-19)23(29)16-28/h2*2-13,29H,14-17H2,1H3;3-15,24,30H,2,16-17H2,1H3;2-13,28H,14-16H2,1H3. The van der Waals surface area contributed by atoms with Gasteiger partial charge in [-0.1, -0.05) is 272 Å². The van der Waals surface area contributed by atoms with Gasteiger partial charge in [0, 0.05) is 41.8 Å². The molecule has 0 bridgehead atoms. The SMILES string of the molecule is CCC(=O)c1ccc(Cn2c(=O)n(CC(O)c3ccccc3)c(=O)c3ccccc32)cc1.Cc1ccc(CCn2c(=O)c3ccccc3n(Cc3ccc(C(=O)CO)cc3)c2=O)cc1.Cc1ccc(CCn2c(=O)c3ccccc3n(Cc3ccc(C(=O)CO)cc3)c2=O)cc1.Cc1ccc(Cn2c(=O)c3ccccc3n(Cc3ccc(C(=O)CO)cc3)c2=O)cc1. The maximum Gasteiger partial charge on any atom is 0.332 e. The molecule has 642 valence electrons. The molecule has 0 radical (unpaired) electrons. The average molecular weight is 1700 g/mol. The van der Waals surface area contributed by atoms with Crippen LogP contribution in [0.4, 0.5) is 0 Å². The normalized spacial score (nSPS) is 11.3. The number of aliphatic hydroxyl groups is 4. The lowest BCUT2D eigenvalue weighted by Gasteiger charge is -2.17. The number of aromatic nitrogens is 8. The van der Waals surface area contributed by atoms with E-state index < -0.39 is 37.2 Å². The Bertz CT molecular complexity index is 7020. The molecule has 1 atom stereocenters. The summed E-state index contributed by atoms with van der Waals surface area (Å²) in [5, 5.41) is 39.6. The first-order valence-electron chi connectivity index (χ1n) is 41.5. The second kappa shape index (κ2) is 41.4. The largest absolute Gasteiger partial charge is 0.388 e. The predicted molar refractivity (Wildman–Crippen MR) is 492 cm³/mol. The first-order chi connectivity index (χ1) is 61.4. The Kier molecular flexibility index (Phi) is 29.2. The maximum absolute atomic E-state index is 13.4. The topological polar surface area (TPSA) is 325 Å². The molecule has 1 unspecified atom stereocenters. The number of Topliss-reactive ketones (excluding diaryl/α,β-unsaturated/α-hetero) is 4. The molecule has 12 aromatic carbocycles. The zero-order valence-corrected chi connectivity index (χ0v) is 70.5. The van der Waals surface area contributed by atoms with Gasteiger partial charge in [0.15, 0.2) is 23.1 Å². The van der Waals surface area contributed by atoms with Crippen LogP contribution < -0.4 is 45.0 Å². The first-order valence-corrected chi connectivity index (χ1v) is 41.5. The van der Waals surface area contributed by atoms with E-state index in [0.717, 1.165) is 60.2 Å². The number of carbonyl (C=O) groups excluding carboxylic acids is 4. The van der Waals surface area contributed by atoms with Gasteiger partial charge in [-0.2, -0.15) is 0 Å². The highest BCUT2D eigenvalue weighted by Crippen LogP contribution is 2.21. The Balaban J connectivity index is 0.000000145. The Morgan fingerprint density at radius 2 is 0.504 bits per heavy atom. The minimum absolute atomic E-state index is 0.0580. The van der Waals surface area contributed by atoms with E-state index in [1.54, 1.807) is 220 Å². The monoisotopic (exact) mass is 1700 g/mol. The highest BCUT2D eigenvalue weighted by atomic mass is 16.3. The van der Waals surface area contributed by atoms with Crippen molar-refractivity contribution in [3.8, 4) is 0 Å². The molecule has 24 heteroatoms. The predicted octanol–water partition coefficient (Wildman–Crippen LogP) is 12.2. The van der Waals surface area contributed by atoms with Crippen molar-refractivity contribution < 1.29 is 39.6 Å². The summed E-state index contributed by atoms with van der Waals surface area (Å²) in [6, 6.07) is 88.5. The van der Waals surface area contributed by atoms with Crippen LogP contribution in [0.1, 0.15) is 122 Å². The van der Waals surface area contributed by atoms with Crippen molar-refractivity contribution in [2.45, 2.75) is 105 Å². The van der Waals surface area contributed by atoms with Crippen molar-refractivity contribution in [2.24, 2.45) is 0 Å². The van der Waals surface area contributed by atoms with E-state index in [1.165, 1.54) is 18.3 Å². The van der Waals surface area contributed by atoms with Gasteiger partial charge in [-0.25, -0.2) is 19.2 Å². The summed E-state index contributed by atoms with van der Waals surface area (Å²) >= 11 is 0. The molecule has 127 heavy (non-hydrogen) atoms. The molecule has 4 N–H and O–H groups in total. The summed E-state index contributed by atoms with van der Waals surface area (Å²) in [6.07, 6.45) is 0.589. The number of ketones is 4. The highest BCUT2D eigenvalue weighted by molar-refractivity contribution is 5.98. The van der Waals surface area contributed by atoms with Crippen molar-refractivity contribution in [1.29, 1.82) is 0 Å². The average Bonchev–Trinajstić information content (AvgIpc) is 0.780. The lowest BCUT2D eigenvalue weighted by molar-refractivity contribution is 0.0898. The van der Waals surface area contributed by atoms with Crippen LogP contribution in [0, 0.1) is 20.8 Å². The van der Waals surface area contributed by atoms with Crippen LogP contribution in [0.5, 0.6) is 0 Å². The lowest BCUT2D eigenvalue weighted by Crippen LogP contribution is -2.41. The van der Waals surface area contributed by atoms with Crippen LogP contribution in [0.3, 0.4) is 0 Å². The zero-order valence-electron chi connectivity index (χ0n) is 70.5. The molecule has 0 saturated heterocycles. The number of nitrogens with zero attached hydrogens (tertiary/aromatic N) is 8. The number of benzene rings is 12. The van der Waals surface area contributed by atoms with E-state index in [1.807, 2.05) is 119 Å². The van der Waals surface area contributed by atoms with Crippen molar-refractivity contribution in [1.82, 2.24) is 36.5 Å². The third-order valence-corrected chi connectivity index (χ3v) is 22.2. The van der Waals surface area contributed by atoms with Gasteiger partial charge < -0.3 is 20.4 Å². The summed E-state index contributed by atoms with van der Waals surface area (Å²) in [4.78, 5) is 153. The molecule has 0 amide bonds. The number of fused-ring (bicyclic) bond motifs is 4. The molecule has 0 aliphatic carbocycles. The number of aliphatic hydroxyl groups excluding tert-OH is 4. The van der Waals surface area contributed by atoms with Crippen LogP contribution in [0.25, 0.3) is 43.6 Å². The Hall–Kier alpha value is -15.1. The molecule has 24 nitrogen and oxygen atoms in total. The molecule has 16 rings (SSSR count). The minimum Gasteiger partial charge on any atom is -0.388 e. The van der Waals surface area contributed by atoms with E-state index in [4.69, 9.17) is 15.3 Å². The van der Waals surface area contributed by atoms with Crippen molar-refractivity contribution in [2.75, 3.05) is 19.8 Å². The quantitative estimate of drug-likeness (QED) is 0.0348. The minimum atomic E-state index is -0.990. The molecule has 16 aromatic rings. The number of aryl methyl sites for hydroxylation is 5. The van der Waals surface area contributed by atoms with Crippen LogP contribution in [-0.2, 0) is 65.2 Å². The van der Waals surface area contributed by atoms with Gasteiger partial charge in [0.2, 0.25) is 0 Å². The molecular weight excluding hydrogens is 1610 g/mol. The van der Waals surface area contributed by atoms with E-state index in [9.17, 15) is 62.6 Å². The molecule has 0 saturated carbocycles. The molecule has 4 heterocycles. The fourth-order valence-electron chi connectivity index (χ4n) is 15.0. The first kappa shape index (κ1) is 89.7. The highest BCUT2D eigenvalue weighted by Gasteiger charge is 2.22. The lowest BCUT2D eigenvalue weighted by atomic mass is 10.1. The number of rotatable bonds is 27. The van der Waals surface area contributed by atoms with E-state index in [-0.39, 0.29) is 109 Å². The van der Waals surface area contributed by atoms with Crippen LogP contribution in [0.15, 0.2) is 336 Å². The van der Waals surface area contributed by atoms with Gasteiger partial charge in [0.05, 0.1) is 89.0 Å². The summed E-state index contributed by atoms with van der Waals surface area (Å²) in [5.41, 5.74) is 11.5. The number of para-hydroxylation sites is 4. The molecule has 0 spiro atoms. The molecule has 0 aliphatic rings. The van der Waals surface area contributed by atoms with Gasteiger partial charge in [0.1, 0.15) is 19.8 Å². The second-order valence-electron chi connectivity index (χ2n) is 31.0. The third-order valence-electron chi connectivity index (χ3n) is 22.2. The summed E-state index contributed by atoms with van der Waals surface area (Å²) in [5.74, 6) is -1.02. The van der Waals surface area contributed by atoms with Gasteiger partial charge in [0.25, 0.3) is 22.2 Å². The Morgan fingerprint density at radius 1 is 0.268 bits per heavy atom. The smallest absolute Gasteiger partial charge is 0.332 e. The van der Waals surface area contributed by atoms with Crippen molar-refractivity contribution >= 4 is 66.7 Å². The number of carbonyl (C=O) groups is 4. The summed E-state index contributed by atoms with van der Waals surface area (Å²) in [6.45, 7) is 7.82. The molecule has 0 fully saturated rings. The Morgan fingerprint density at radius 3 is 0.803 bits per heavy atom. The molecule has 4 aromatic heterocycles. The molecule has 0 aliphatic heterocycles. The van der Waals surface area contributed by atoms with Gasteiger partial charge in [-0.3, -0.25) is 74.9 Å². The fourth-order valence-corrected chi connectivity index (χ4v) is 15.0. The van der Waals surface area contributed by atoms with Gasteiger partial charge in [-0.05, 0) is 127 Å². The summed E-state index contributed by atoms with van der Waals surface area (Å²) in [7, 11) is 0. The number of hydrogen-bond acceptors (Lipinski definition) is 16. The maximum atomic E-state index is 13.4. The van der Waals surface area contributed by atoms with E-state index >= 15 is 0 Å². The fraction of sp³-hybridized carbons (Fsp3) is 0.184. The van der Waals surface area contributed by atoms with Gasteiger partial charge in [-0.15, -0.1) is 0 Å².